The summed E-state index contributed by atoms with van der Waals surface area (Å²) >= 11 is 1.39. The minimum absolute atomic E-state index is 0.170. The maximum absolute atomic E-state index is 13.8. The molecule has 0 amide bonds. The maximum atomic E-state index is 13.8. The van der Waals surface area contributed by atoms with Gasteiger partial charge in [-0.25, -0.2) is 4.39 Å². The number of allylic oxidation sites excluding steroid dienone is 3. The molecule has 108 valence electrons. The predicted molar refractivity (Wildman–Crippen MR) is 90.4 cm³/mol. The van der Waals surface area contributed by atoms with Crippen LogP contribution >= 0.6 is 11.8 Å². The Morgan fingerprint density at radius 3 is 2.40 bits per heavy atom. The summed E-state index contributed by atoms with van der Waals surface area (Å²) in [6, 6.07) is 8.16. The SMILES string of the molecule is C=CCC(=C)SC(=C(C)F)c1ccc(C(C)CC)cc1. The van der Waals surface area contributed by atoms with Gasteiger partial charge in [-0.3, -0.25) is 0 Å². The van der Waals surface area contributed by atoms with Crippen molar-refractivity contribution in [2.45, 2.75) is 39.5 Å². The molecule has 0 heterocycles. The zero-order valence-corrected chi connectivity index (χ0v) is 13.4. The molecule has 1 rings (SSSR count). The van der Waals surface area contributed by atoms with Crippen LogP contribution in [0.4, 0.5) is 4.39 Å². The van der Waals surface area contributed by atoms with Gasteiger partial charge < -0.3 is 0 Å². The molecular formula is C18H23FS. The Kier molecular flexibility index (Phi) is 6.80. The molecule has 0 fully saturated rings. The number of halogens is 1. The predicted octanol–water partition coefficient (Wildman–Crippen LogP) is 6.68. The Bertz CT molecular complexity index is 493. The average molecular weight is 290 g/mol. The van der Waals surface area contributed by atoms with E-state index in [0.29, 0.717) is 17.2 Å². The number of rotatable bonds is 7. The average Bonchev–Trinajstić information content (AvgIpc) is 2.44. The van der Waals surface area contributed by atoms with Crippen LogP contribution in [0.5, 0.6) is 0 Å². The highest BCUT2D eigenvalue weighted by Gasteiger charge is 2.10. The molecule has 0 spiro atoms. The van der Waals surface area contributed by atoms with Crippen LogP contribution in [0.3, 0.4) is 0 Å². The largest absolute Gasteiger partial charge is 0.211 e. The van der Waals surface area contributed by atoms with E-state index in [1.807, 2.05) is 12.1 Å². The lowest BCUT2D eigenvalue weighted by atomic mass is 9.97. The lowest BCUT2D eigenvalue weighted by Crippen LogP contribution is -1.92. The Hall–Kier alpha value is -1.28. The van der Waals surface area contributed by atoms with Crippen LogP contribution in [0.25, 0.3) is 4.91 Å². The van der Waals surface area contributed by atoms with Gasteiger partial charge in [-0.15, -0.1) is 6.58 Å². The molecule has 2 heteroatoms. The monoisotopic (exact) mass is 290 g/mol. The highest BCUT2D eigenvalue weighted by molar-refractivity contribution is 8.11. The number of benzene rings is 1. The molecule has 0 aliphatic heterocycles. The Morgan fingerprint density at radius 2 is 1.95 bits per heavy atom. The molecule has 0 nitrogen and oxygen atoms in total. The molecule has 1 unspecified atom stereocenters. The number of hydrogen-bond donors (Lipinski definition) is 0. The lowest BCUT2D eigenvalue weighted by Gasteiger charge is -2.12. The zero-order chi connectivity index (χ0) is 15.1. The first-order valence-electron chi connectivity index (χ1n) is 6.92. The zero-order valence-electron chi connectivity index (χ0n) is 12.6. The summed E-state index contributed by atoms with van der Waals surface area (Å²) in [4.78, 5) is 1.55. The van der Waals surface area contributed by atoms with Crippen molar-refractivity contribution in [2.24, 2.45) is 0 Å². The molecule has 0 radical (unpaired) electrons. The normalized spacial score (nSPS) is 13.6. The second kappa shape index (κ2) is 8.11. The Labute approximate surface area is 126 Å². The van der Waals surface area contributed by atoms with E-state index in [9.17, 15) is 4.39 Å². The molecule has 0 saturated heterocycles. The molecule has 0 bridgehead atoms. The minimum Gasteiger partial charge on any atom is -0.211 e. The van der Waals surface area contributed by atoms with E-state index in [2.05, 4.69) is 39.1 Å². The summed E-state index contributed by atoms with van der Waals surface area (Å²) in [6.45, 7) is 13.5. The van der Waals surface area contributed by atoms with E-state index < -0.39 is 0 Å². The van der Waals surface area contributed by atoms with Crippen molar-refractivity contribution in [1.29, 1.82) is 0 Å². The standard InChI is InChI=1S/C18H23FS/c1-6-8-14(4)20-18(15(5)19)17-11-9-16(10-12-17)13(3)7-2/h6,9-13H,1,4,7-8H2,2-3,5H3. The fourth-order valence-corrected chi connectivity index (χ4v) is 2.76. The molecule has 0 aliphatic rings. The van der Waals surface area contributed by atoms with Crippen molar-refractivity contribution in [2.75, 3.05) is 0 Å². The van der Waals surface area contributed by atoms with Gasteiger partial charge in [0.25, 0.3) is 0 Å². The van der Waals surface area contributed by atoms with Crippen molar-refractivity contribution < 1.29 is 4.39 Å². The third-order valence-corrected chi connectivity index (χ3v) is 4.46. The van der Waals surface area contributed by atoms with Crippen molar-refractivity contribution in [1.82, 2.24) is 0 Å². The quantitative estimate of drug-likeness (QED) is 0.505. The smallest absolute Gasteiger partial charge is 0.111 e. The van der Waals surface area contributed by atoms with Gasteiger partial charge in [0.2, 0.25) is 0 Å². The Balaban J connectivity index is 2.97. The van der Waals surface area contributed by atoms with Gasteiger partial charge in [0.15, 0.2) is 0 Å². The van der Waals surface area contributed by atoms with Crippen molar-refractivity contribution in [3.63, 3.8) is 0 Å². The van der Waals surface area contributed by atoms with Crippen molar-refractivity contribution in [3.8, 4) is 0 Å². The molecule has 0 N–H and O–H groups in total. The van der Waals surface area contributed by atoms with Crippen LogP contribution in [0.15, 0.2) is 54.2 Å². The van der Waals surface area contributed by atoms with E-state index in [4.69, 9.17) is 0 Å². The second-order valence-corrected chi connectivity index (χ2v) is 6.12. The van der Waals surface area contributed by atoms with Gasteiger partial charge in [-0.1, -0.05) is 62.5 Å². The van der Waals surface area contributed by atoms with Crippen LogP contribution < -0.4 is 0 Å². The highest BCUT2D eigenvalue weighted by atomic mass is 32.2. The fraction of sp³-hybridized carbons (Fsp3) is 0.333. The fourth-order valence-electron chi connectivity index (χ4n) is 1.87. The Morgan fingerprint density at radius 1 is 1.35 bits per heavy atom. The molecular weight excluding hydrogens is 267 g/mol. The van der Waals surface area contributed by atoms with Gasteiger partial charge in [-0.2, -0.15) is 0 Å². The summed E-state index contributed by atoms with van der Waals surface area (Å²) in [6.07, 6.45) is 3.58. The third-order valence-electron chi connectivity index (χ3n) is 3.29. The highest BCUT2D eigenvalue weighted by Crippen LogP contribution is 2.37. The van der Waals surface area contributed by atoms with Gasteiger partial charge in [0.1, 0.15) is 5.83 Å². The van der Waals surface area contributed by atoms with Gasteiger partial charge >= 0.3 is 0 Å². The van der Waals surface area contributed by atoms with Crippen LogP contribution in [0.1, 0.15) is 50.7 Å². The summed E-state index contributed by atoms with van der Waals surface area (Å²) in [5, 5.41) is 0. The number of hydrogen-bond acceptors (Lipinski definition) is 1. The van der Waals surface area contributed by atoms with Crippen LogP contribution in [-0.2, 0) is 0 Å². The minimum atomic E-state index is -0.170. The summed E-state index contributed by atoms with van der Waals surface area (Å²) < 4.78 is 13.8. The van der Waals surface area contributed by atoms with Gasteiger partial charge in [0, 0.05) is 0 Å². The number of thioether (sulfide) groups is 1. The summed E-state index contributed by atoms with van der Waals surface area (Å²) in [5.74, 6) is 0.364. The molecule has 20 heavy (non-hydrogen) atoms. The first kappa shape index (κ1) is 16.8. The molecule has 1 aromatic carbocycles. The summed E-state index contributed by atoms with van der Waals surface area (Å²) in [5.41, 5.74) is 2.20. The molecule has 0 aromatic heterocycles. The van der Waals surface area contributed by atoms with E-state index in [0.717, 1.165) is 16.9 Å². The van der Waals surface area contributed by atoms with Crippen molar-refractivity contribution in [3.05, 3.63) is 65.4 Å². The molecule has 1 aromatic rings. The second-order valence-electron chi connectivity index (χ2n) is 4.93. The first-order valence-corrected chi connectivity index (χ1v) is 7.74. The maximum Gasteiger partial charge on any atom is 0.111 e. The van der Waals surface area contributed by atoms with Crippen LogP contribution in [-0.4, -0.2) is 0 Å². The van der Waals surface area contributed by atoms with E-state index in [-0.39, 0.29) is 5.83 Å². The third kappa shape index (κ3) is 4.68. The van der Waals surface area contributed by atoms with Crippen LogP contribution in [0.2, 0.25) is 0 Å². The molecule has 0 saturated carbocycles. The lowest BCUT2D eigenvalue weighted by molar-refractivity contribution is 0.647. The van der Waals surface area contributed by atoms with E-state index in [1.165, 1.54) is 24.2 Å². The molecule has 0 aliphatic carbocycles. The van der Waals surface area contributed by atoms with E-state index in [1.54, 1.807) is 6.08 Å². The summed E-state index contributed by atoms with van der Waals surface area (Å²) in [7, 11) is 0. The van der Waals surface area contributed by atoms with Gasteiger partial charge in [0.05, 0.1) is 4.91 Å². The van der Waals surface area contributed by atoms with Crippen LogP contribution in [0, 0.1) is 0 Å². The van der Waals surface area contributed by atoms with Gasteiger partial charge in [-0.05, 0) is 41.7 Å². The first-order chi connectivity index (χ1) is 9.49. The van der Waals surface area contributed by atoms with E-state index >= 15 is 0 Å². The molecule has 1 atom stereocenters. The van der Waals surface area contributed by atoms with Crippen molar-refractivity contribution >= 4 is 16.7 Å². The topological polar surface area (TPSA) is 0 Å².